The third-order valence-corrected chi connectivity index (χ3v) is 4.12. The zero-order chi connectivity index (χ0) is 17.5. The van der Waals surface area contributed by atoms with Crippen LogP contribution in [-0.2, 0) is 16.2 Å². The second-order valence-corrected chi connectivity index (χ2v) is 5.99. The molecule has 0 aromatic heterocycles. The van der Waals surface area contributed by atoms with Crippen molar-refractivity contribution >= 4 is 35.0 Å². The fourth-order valence-corrected chi connectivity index (χ4v) is 2.91. The first kappa shape index (κ1) is 18.0. The number of hydrogen-bond acceptors (Lipinski definition) is 7. The summed E-state index contributed by atoms with van der Waals surface area (Å²) in [6.45, 7) is 2.20. The predicted molar refractivity (Wildman–Crippen MR) is 90.3 cm³/mol. The van der Waals surface area contributed by atoms with Crippen molar-refractivity contribution in [1.82, 2.24) is 5.32 Å². The van der Waals surface area contributed by atoms with Crippen LogP contribution in [0.1, 0.15) is 24.5 Å². The van der Waals surface area contributed by atoms with Crippen LogP contribution in [0.15, 0.2) is 28.4 Å². The lowest BCUT2D eigenvalue weighted by atomic mass is 10.1. The molecule has 9 heteroatoms. The number of benzene rings is 1. The lowest BCUT2D eigenvalue weighted by Crippen LogP contribution is -2.26. The van der Waals surface area contributed by atoms with Crippen molar-refractivity contribution in [2.45, 2.75) is 25.2 Å². The summed E-state index contributed by atoms with van der Waals surface area (Å²) in [5.41, 5.74) is 1.35. The number of amidine groups is 1. The average Bonchev–Trinajstić information content (AvgIpc) is 2.88. The Morgan fingerprint density at radius 2 is 2.29 bits per heavy atom. The fraction of sp³-hybridized carbons (Fsp3) is 0.333. The van der Waals surface area contributed by atoms with Gasteiger partial charge in [0.1, 0.15) is 11.0 Å². The number of carbonyl (C=O) groups is 2. The molecule has 0 bridgehead atoms. The highest BCUT2D eigenvalue weighted by atomic mass is 32.2. The van der Waals surface area contributed by atoms with Crippen LogP contribution in [0.4, 0.5) is 0 Å². The normalized spacial score (nSPS) is 19.0. The molecule has 1 unspecified atom stereocenters. The smallest absolute Gasteiger partial charge is 0.305 e. The average molecular weight is 351 g/mol. The van der Waals surface area contributed by atoms with Gasteiger partial charge in [-0.2, -0.15) is 5.10 Å². The van der Waals surface area contributed by atoms with Gasteiger partial charge in [-0.15, -0.1) is 5.10 Å². The molecule has 2 rings (SSSR count). The first-order valence-corrected chi connectivity index (χ1v) is 8.08. The standard InChI is InChI=1S/C15H17N3O5S/c1-2-23-11-4-3-9(5-10(11)8-19)7-16-18-15-17-14(22)12(24-15)6-13(20)21/h3-5,7,12,19H,2,6,8H2,1H3,(H,20,21)(H,17,18,22). The largest absolute Gasteiger partial charge is 0.494 e. The number of carboxylic acid groups (broad SMARTS) is 1. The van der Waals surface area contributed by atoms with E-state index in [-0.39, 0.29) is 24.1 Å². The number of rotatable bonds is 7. The molecule has 1 amide bonds. The molecule has 0 radical (unpaired) electrons. The topological polar surface area (TPSA) is 121 Å². The Morgan fingerprint density at radius 3 is 2.96 bits per heavy atom. The second kappa shape index (κ2) is 8.46. The molecular weight excluding hydrogens is 334 g/mol. The molecule has 1 atom stereocenters. The van der Waals surface area contributed by atoms with E-state index in [0.29, 0.717) is 23.5 Å². The molecule has 0 spiro atoms. The molecule has 1 fully saturated rings. The zero-order valence-electron chi connectivity index (χ0n) is 12.9. The Morgan fingerprint density at radius 1 is 1.50 bits per heavy atom. The molecule has 1 aliphatic heterocycles. The molecule has 0 aliphatic carbocycles. The van der Waals surface area contributed by atoms with Gasteiger partial charge in [-0.05, 0) is 30.7 Å². The van der Waals surface area contributed by atoms with E-state index in [1.165, 1.54) is 6.21 Å². The maximum absolute atomic E-state index is 11.6. The van der Waals surface area contributed by atoms with Crippen LogP contribution in [0.3, 0.4) is 0 Å². The predicted octanol–water partition coefficient (Wildman–Crippen LogP) is 0.974. The number of carbonyl (C=O) groups excluding carboxylic acids is 1. The Hall–Kier alpha value is -2.39. The van der Waals surface area contributed by atoms with E-state index >= 15 is 0 Å². The van der Waals surface area contributed by atoms with Crippen molar-refractivity contribution in [3.63, 3.8) is 0 Å². The summed E-state index contributed by atoms with van der Waals surface area (Å²) in [6, 6.07) is 5.22. The van der Waals surface area contributed by atoms with E-state index in [2.05, 4.69) is 15.5 Å². The summed E-state index contributed by atoms with van der Waals surface area (Å²) in [4.78, 5) is 22.2. The third kappa shape index (κ3) is 4.80. The van der Waals surface area contributed by atoms with Gasteiger partial charge in [0.2, 0.25) is 5.91 Å². The summed E-state index contributed by atoms with van der Waals surface area (Å²) in [7, 11) is 0. The molecule has 1 aromatic rings. The van der Waals surface area contributed by atoms with Crippen molar-refractivity contribution in [3.05, 3.63) is 29.3 Å². The van der Waals surface area contributed by atoms with E-state index in [1.54, 1.807) is 18.2 Å². The number of thioether (sulfide) groups is 1. The lowest BCUT2D eigenvalue weighted by Gasteiger charge is -2.08. The number of carboxylic acids is 1. The first-order valence-electron chi connectivity index (χ1n) is 7.20. The molecule has 1 saturated heterocycles. The van der Waals surface area contributed by atoms with Crippen molar-refractivity contribution in [2.24, 2.45) is 10.2 Å². The zero-order valence-corrected chi connectivity index (χ0v) is 13.7. The molecule has 128 valence electrons. The van der Waals surface area contributed by atoms with Gasteiger partial charge in [0.05, 0.1) is 25.8 Å². The number of aliphatic hydroxyl groups excluding tert-OH is 1. The molecule has 24 heavy (non-hydrogen) atoms. The molecule has 0 saturated carbocycles. The van der Waals surface area contributed by atoms with Crippen LogP contribution in [0, 0.1) is 0 Å². The number of aliphatic hydroxyl groups is 1. The number of nitrogens with zero attached hydrogens (tertiary/aromatic N) is 2. The minimum atomic E-state index is -1.04. The van der Waals surface area contributed by atoms with Gasteiger partial charge in [-0.3, -0.25) is 9.59 Å². The Labute approximate surface area is 142 Å². The molecule has 1 heterocycles. The van der Waals surface area contributed by atoms with Crippen molar-refractivity contribution in [2.75, 3.05) is 6.61 Å². The number of nitrogens with one attached hydrogen (secondary N) is 1. The highest BCUT2D eigenvalue weighted by molar-refractivity contribution is 8.15. The number of aliphatic carboxylic acids is 1. The van der Waals surface area contributed by atoms with E-state index in [1.807, 2.05) is 6.92 Å². The van der Waals surface area contributed by atoms with Gasteiger partial charge < -0.3 is 20.3 Å². The van der Waals surface area contributed by atoms with Crippen LogP contribution >= 0.6 is 11.8 Å². The second-order valence-electron chi connectivity index (χ2n) is 4.80. The Kier molecular flexibility index (Phi) is 6.33. The van der Waals surface area contributed by atoms with Crippen LogP contribution in [0.2, 0.25) is 0 Å². The van der Waals surface area contributed by atoms with Crippen LogP contribution in [0.25, 0.3) is 0 Å². The number of ether oxygens (including phenoxy) is 1. The number of hydrogen-bond donors (Lipinski definition) is 3. The first-order chi connectivity index (χ1) is 11.5. The Bertz CT molecular complexity index is 690. The van der Waals surface area contributed by atoms with Crippen LogP contribution in [0.5, 0.6) is 5.75 Å². The summed E-state index contributed by atoms with van der Waals surface area (Å²) in [6.07, 6.45) is 1.21. The third-order valence-electron chi connectivity index (χ3n) is 3.05. The number of amides is 1. The van der Waals surface area contributed by atoms with Gasteiger partial charge >= 0.3 is 5.97 Å². The van der Waals surface area contributed by atoms with E-state index in [0.717, 1.165) is 11.8 Å². The monoisotopic (exact) mass is 351 g/mol. The molecular formula is C15H17N3O5S. The van der Waals surface area contributed by atoms with Crippen molar-refractivity contribution < 1.29 is 24.5 Å². The van der Waals surface area contributed by atoms with Gasteiger partial charge in [0.25, 0.3) is 0 Å². The summed E-state index contributed by atoms with van der Waals surface area (Å²) in [5, 5.41) is 27.9. The summed E-state index contributed by atoms with van der Waals surface area (Å²) < 4.78 is 5.39. The van der Waals surface area contributed by atoms with Crippen molar-refractivity contribution in [1.29, 1.82) is 0 Å². The minimum Gasteiger partial charge on any atom is -0.494 e. The lowest BCUT2D eigenvalue weighted by molar-refractivity contribution is -0.138. The van der Waals surface area contributed by atoms with E-state index in [9.17, 15) is 14.7 Å². The van der Waals surface area contributed by atoms with Gasteiger partial charge in [0.15, 0.2) is 5.17 Å². The summed E-state index contributed by atoms with van der Waals surface area (Å²) >= 11 is 1.03. The van der Waals surface area contributed by atoms with Crippen molar-refractivity contribution in [3.8, 4) is 5.75 Å². The molecule has 1 aliphatic rings. The van der Waals surface area contributed by atoms with Gasteiger partial charge in [-0.25, -0.2) is 0 Å². The summed E-state index contributed by atoms with van der Waals surface area (Å²) in [5.74, 6) is -0.822. The quantitative estimate of drug-likeness (QED) is 0.497. The van der Waals surface area contributed by atoms with Gasteiger partial charge in [0, 0.05) is 5.56 Å². The van der Waals surface area contributed by atoms with E-state index in [4.69, 9.17) is 9.84 Å². The highest BCUT2D eigenvalue weighted by Crippen LogP contribution is 2.22. The molecule has 8 nitrogen and oxygen atoms in total. The fourth-order valence-electron chi connectivity index (χ4n) is 1.99. The maximum atomic E-state index is 11.6. The maximum Gasteiger partial charge on any atom is 0.305 e. The van der Waals surface area contributed by atoms with E-state index < -0.39 is 11.2 Å². The Balaban J connectivity index is 2.03. The highest BCUT2D eigenvalue weighted by Gasteiger charge is 2.32. The van der Waals surface area contributed by atoms with Gasteiger partial charge in [-0.1, -0.05) is 11.8 Å². The minimum absolute atomic E-state index is 0.158. The van der Waals surface area contributed by atoms with Crippen LogP contribution in [-0.4, -0.2) is 45.3 Å². The molecule has 1 aromatic carbocycles. The van der Waals surface area contributed by atoms with Crippen LogP contribution < -0.4 is 10.1 Å². The SMILES string of the molecule is CCOc1ccc(C=NN=C2NC(=O)C(CC(=O)O)S2)cc1CO. The molecule has 3 N–H and O–H groups in total.